The van der Waals surface area contributed by atoms with E-state index < -0.39 is 5.97 Å². The highest BCUT2D eigenvalue weighted by molar-refractivity contribution is 8.26. The van der Waals surface area contributed by atoms with Crippen molar-refractivity contribution in [3.8, 4) is 0 Å². The van der Waals surface area contributed by atoms with Gasteiger partial charge in [-0.25, -0.2) is 4.79 Å². The largest absolute Gasteiger partial charge is 0.478 e. The summed E-state index contributed by atoms with van der Waals surface area (Å²) in [5.74, 6) is -1.71. The minimum atomic E-state index is -1.08. The van der Waals surface area contributed by atoms with Crippen LogP contribution in [0, 0.1) is 0 Å². The summed E-state index contributed by atoms with van der Waals surface area (Å²) in [7, 11) is 0. The molecular weight excluding hydrogens is 432 g/mol. The average Bonchev–Trinajstić information content (AvgIpc) is 2.95. The Morgan fingerprint density at radius 2 is 1.97 bits per heavy atom. The van der Waals surface area contributed by atoms with Crippen molar-refractivity contribution in [1.29, 1.82) is 0 Å². The van der Waals surface area contributed by atoms with E-state index in [0.29, 0.717) is 25.5 Å². The predicted molar refractivity (Wildman–Crippen MR) is 118 cm³/mol. The number of carboxylic acids is 1. The number of thioether (sulfide) groups is 1. The molecule has 29 heavy (non-hydrogen) atoms. The first-order valence-electron chi connectivity index (χ1n) is 8.48. The van der Waals surface area contributed by atoms with Gasteiger partial charge in [0.1, 0.15) is 4.32 Å². The Bertz CT molecular complexity index is 1040. The number of halogens is 1. The molecule has 1 fully saturated rings. The highest BCUT2D eigenvalue weighted by atomic mass is 35.5. The van der Waals surface area contributed by atoms with Crippen LogP contribution in [0.5, 0.6) is 0 Å². The van der Waals surface area contributed by atoms with Gasteiger partial charge in [0.05, 0.1) is 10.5 Å². The van der Waals surface area contributed by atoms with Crippen molar-refractivity contribution in [3.05, 3.63) is 69.6 Å². The van der Waals surface area contributed by atoms with Crippen molar-refractivity contribution >= 4 is 69.4 Å². The first kappa shape index (κ1) is 21.0. The second kappa shape index (κ2) is 9.21. The number of thiocarbonyl (C=S) groups is 1. The zero-order chi connectivity index (χ0) is 21.0. The predicted octanol–water partition coefficient (Wildman–Crippen LogP) is 4.27. The molecule has 2 aromatic rings. The van der Waals surface area contributed by atoms with E-state index in [2.05, 4.69) is 5.32 Å². The van der Waals surface area contributed by atoms with E-state index in [1.54, 1.807) is 36.4 Å². The summed E-state index contributed by atoms with van der Waals surface area (Å²) < 4.78 is 0.369. The number of rotatable bonds is 6. The fraction of sp³-hybridized carbons (Fsp3) is 0.100. The lowest BCUT2D eigenvalue weighted by atomic mass is 10.2. The van der Waals surface area contributed by atoms with E-state index in [1.165, 1.54) is 17.0 Å². The molecule has 0 aliphatic carbocycles. The number of nitrogens with one attached hydrogen (secondary N) is 1. The molecule has 1 aliphatic rings. The number of hydrogen-bond donors (Lipinski definition) is 2. The van der Waals surface area contributed by atoms with Crippen molar-refractivity contribution in [2.45, 2.75) is 6.42 Å². The van der Waals surface area contributed by atoms with Gasteiger partial charge in [0, 0.05) is 23.7 Å². The first-order chi connectivity index (χ1) is 13.8. The topological polar surface area (TPSA) is 86.7 Å². The van der Waals surface area contributed by atoms with Crippen LogP contribution in [0.3, 0.4) is 0 Å². The van der Waals surface area contributed by atoms with Crippen molar-refractivity contribution < 1.29 is 19.5 Å². The van der Waals surface area contributed by atoms with E-state index in [1.807, 2.05) is 6.07 Å². The molecule has 0 spiro atoms. The van der Waals surface area contributed by atoms with Crippen LogP contribution in [-0.2, 0) is 9.59 Å². The van der Waals surface area contributed by atoms with Gasteiger partial charge in [-0.2, -0.15) is 0 Å². The molecule has 1 heterocycles. The van der Waals surface area contributed by atoms with E-state index in [0.717, 1.165) is 11.8 Å². The molecule has 2 amide bonds. The average molecular weight is 447 g/mol. The molecule has 6 nitrogen and oxygen atoms in total. The minimum absolute atomic E-state index is 0.0170. The van der Waals surface area contributed by atoms with Crippen molar-refractivity contribution in [3.63, 3.8) is 0 Å². The van der Waals surface area contributed by atoms with E-state index in [-0.39, 0.29) is 30.3 Å². The molecule has 0 atom stereocenters. The monoisotopic (exact) mass is 446 g/mol. The number of hydrogen-bond acceptors (Lipinski definition) is 5. The Labute approximate surface area is 181 Å². The van der Waals surface area contributed by atoms with Gasteiger partial charge in [-0.15, -0.1) is 0 Å². The van der Waals surface area contributed by atoms with Gasteiger partial charge in [-0.05, 0) is 35.9 Å². The number of carbonyl (C=O) groups excluding carboxylic acids is 2. The quantitative estimate of drug-likeness (QED) is 0.509. The molecule has 1 aliphatic heterocycles. The fourth-order valence-corrected chi connectivity index (χ4v) is 4.08. The van der Waals surface area contributed by atoms with Crippen LogP contribution >= 0.6 is 35.6 Å². The van der Waals surface area contributed by atoms with Gasteiger partial charge in [-0.3, -0.25) is 14.5 Å². The molecule has 0 unspecified atom stereocenters. The number of benzene rings is 2. The summed E-state index contributed by atoms with van der Waals surface area (Å²) in [6.45, 7) is 0.120. The number of carboxylic acid groups (broad SMARTS) is 1. The van der Waals surface area contributed by atoms with Gasteiger partial charge in [0.15, 0.2) is 0 Å². The molecule has 0 aromatic heterocycles. The molecule has 1 saturated heterocycles. The summed E-state index contributed by atoms with van der Waals surface area (Å²) in [6, 6.07) is 13.1. The molecule has 2 N–H and O–H groups in total. The summed E-state index contributed by atoms with van der Waals surface area (Å²) in [5.41, 5.74) is 1.16. The number of amides is 2. The van der Waals surface area contributed by atoms with Gasteiger partial charge in [0.2, 0.25) is 5.91 Å². The molecule has 0 bridgehead atoms. The zero-order valence-corrected chi connectivity index (χ0v) is 17.3. The smallest absolute Gasteiger partial charge is 0.335 e. The molecule has 2 aromatic carbocycles. The Balaban J connectivity index is 1.62. The second-order valence-corrected chi connectivity index (χ2v) is 8.12. The van der Waals surface area contributed by atoms with Crippen LogP contribution < -0.4 is 5.32 Å². The number of nitrogens with zero attached hydrogens (tertiary/aromatic N) is 1. The Morgan fingerprint density at radius 3 is 2.69 bits per heavy atom. The van der Waals surface area contributed by atoms with Crippen LogP contribution in [0.2, 0.25) is 5.02 Å². The van der Waals surface area contributed by atoms with E-state index in [4.69, 9.17) is 28.9 Å². The normalized spacial score (nSPS) is 15.1. The van der Waals surface area contributed by atoms with Crippen LogP contribution in [0.1, 0.15) is 22.3 Å². The molecular formula is C20H15ClN2O4S2. The maximum Gasteiger partial charge on any atom is 0.335 e. The Hall–Kier alpha value is -2.68. The maximum atomic E-state index is 12.6. The standard InChI is InChI=1S/C20H15ClN2O4S2/c21-15-7-2-1-4-12(15)11-16-18(25)23(20(28)29-16)9-8-17(24)22-14-6-3-5-13(10-14)19(26)27/h1-7,10-11H,8-9H2,(H,22,24)(H,26,27). The van der Waals surface area contributed by atoms with Gasteiger partial charge in [0.25, 0.3) is 5.91 Å². The third-order valence-corrected chi connectivity index (χ3v) is 5.74. The SMILES string of the molecule is O=C(CCN1C(=O)C(=Cc2ccccc2Cl)SC1=S)Nc1cccc(C(=O)O)c1. The van der Waals surface area contributed by atoms with Crippen molar-refractivity contribution in [2.24, 2.45) is 0 Å². The molecule has 0 radical (unpaired) electrons. The molecule has 0 saturated carbocycles. The van der Waals surface area contributed by atoms with Crippen molar-refractivity contribution in [1.82, 2.24) is 4.90 Å². The zero-order valence-electron chi connectivity index (χ0n) is 14.9. The fourth-order valence-electron chi connectivity index (χ4n) is 2.59. The second-order valence-electron chi connectivity index (χ2n) is 6.04. The highest BCUT2D eigenvalue weighted by Gasteiger charge is 2.32. The summed E-state index contributed by atoms with van der Waals surface area (Å²) >= 11 is 12.6. The van der Waals surface area contributed by atoms with Gasteiger partial charge >= 0.3 is 5.97 Å². The third-order valence-electron chi connectivity index (χ3n) is 4.02. The Morgan fingerprint density at radius 1 is 1.21 bits per heavy atom. The number of anilines is 1. The van der Waals surface area contributed by atoms with Crippen LogP contribution in [0.4, 0.5) is 5.69 Å². The first-order valence-corrected chi connectivity index (χ1v) is 10.1. The lowest BCUT2D eigenvalue weighted by Crippen LogP contribution is -2.31. The van der Waals surface area contributed by atoms with Gasteiger partial charge < -0.3 is 10.4 Å². The number of carbonyl (C=O) groups is 3. The lowest BCUT2D eigenvalue weighted by Gasteiger charge is -2.14. The summed E-state index contributed by atoms with van der Waals surface area (Å²) in [4.78, 5) is 37.7. The van der Waals surface area contributed by atoms with E-state index >= 15 is 0 Å². The molecule has 3 rings (SSSR count). The third kappa shape index (κ3) is 5.23. The number of aromatic carboxylic acids is 1. The Kier molecular flexibility index (Phi) is 6.68. The lowest BCUT2D eigenvalue weighted by molar-refractivity contribution is -0.122. The summed E-state index contributed by atoms with van der Waals surface area (Å²) in [6.07, 6.45) is 1.70. The molecule has 148 valence electrons. The van der Waals surface area contributed by atoms with Crippen molar-refractivity contribution in [2.75, 3.05) is 11.9 Å². The van der Waals surface area contributed by atoms with Crippen LogP contribution in [0.25, 0.3) is 6.08 Å². The summed E-state index contributed by atoms with van der Waals surface area (Å²) in [5, 5.41) is 12.2. The van der Waals surface area contributed by atoms with E-state index in [9.17, 15) is 14.4 Å². The van der Waals surface area contributed by atoms with Crippen LogP contribution in [-0.4, -0.2) is 38.7 Å². The minimum Gasteiger partial charge on any atom is -0.478 e. The van der Waals surface area contributed by atoms with Crippen LogP contribution in [0.15, 0.2) is 53.4 Å². The van der Waals surface area contributed by atoms with Gasteiger partial charge in [-0.1, -0.05) is 59.8 Å². The molecule has 9 heteroatoms. The maximum absolute atomic E-state index is 12.6. The highest BCUT2D eigenvalue weighted by Crippen LogP contribution is 2.33.